The number of nitrogen functional groups attached to an aromatic ring is 1. The van der Waals surface area contributed by atoms with E-state index < -0.39 is 17.2 Å². The number of hydrogen-bond acceptors (Lipinski definition) is 7. The highest BCUT2D eigenvalue weighted by molar-refractivity contribution is 7.99. The summed E-state index contributed by atoms with van der Waals surface area (Å²) >= 11 is 1.17. The smallest absolute Gasteiger partial charge is 0.278 e. The minimum absolute atomic E-state index is 0.00139. The van der Waals surface area contributed by atoms with Crippen molar-refractivity contribution in [1.29, 1.82) is 0 Å². The first-order chi connectivity index (χ1) is 15.7. The molecular formula is C23H22F2N6OS. The average molecular weight is 469 g/mol. The molecule has 170 valence electrons. The predicted octanol–water partition coefficient (Wildman–Crippen LogP) is 4.86. The van der Waals surface area contributed by atoms with Crippen LogP contribution in [0.3, 0.4) is 0 Å². The van der Waals surface area contributed by atoms with E-state index in [1.807, 2.05) is 31.2 Å². The molecule has 0 saturated carbocycles. The third kappa shape index (κ3) is 4.65. The molecule has 0 aliphatic heterocycles. The van der Waals surface area contributed by atoms with Gasteiger partial charge in [-0.05, 0) is 50.4 Å². The van der Waals surface area contributed by atoms with Crippen LogP contribution in [0.4, 0.5) is 20.4 Å². The zero-order valence-electron chi connectivity index (χ0n) is 18.3. The minimum Gasteiger partial charge on any atom is -0.368 e. The zero-order valence-corrected chi connectivity index (χ0v) is 19.1. The van der Waals surface area contributed by atoms with Gasteiger partial charge in [0.1, 0.15) is 16.9 Å². The molecule has 0 bridgehead atoms. The van der Waals surface area contributed by atoms with Crippen molar-refractivity contribution in [2.75, 3.05) is 10.5 Å². The standard InChI is InChI=1S/C23H22F2N6OS/c1-12(2)31-21-18(10-27-23(26)29-21)28-19(22(31)32)15-8-16(24)20(17(25)9-15)30-33-11-14-6-4-13(3)5-7-14/h4-10,12,30H,11H2,1-3H3,(H2,26,27,29). The van der Waals surface area contributed by atoms with Crippen LogP contribution in [0, 0.1) is 18.6 Å². The number of nitrogens with zero attached hydrogens (tertiary/aromatic N) is 4. The fourth-order valence-electron chi connectivity index (χ4n) is 3.36. The number of rotatable bonds is 6. The fourth-order valence-corrected chi connectivity index (χ4v) is 4.14. The van der Waals surface area contributed by atoms with Crippen molar-refractivity contribution >= 4 is 34.7 Å². The highest BCUT2D eigenvalue weighted by Gasteiger charge is 2.20. The topological polar surface area (TPSA) is 98.7 Å². The second-order valence-corrected chi connectivity index (χ2v) is 8.64. The van der Waals surface area contributed by atoms with Gasteiger partial charge >= 0.3 is 0 Å². The Kier molecular flexibility index (Phi) is 6.28. The predicted molar refractivity (Wildman–Crippen MR) is 128 cm³/mol. The Bertz CT molecular complexity index is 1370. The van der Waals surface area contributed by atoms with Crippen LogP contribution < -0.4 is 16.0 Å². The summed E-state index contributed by atoms with van der Waals surface area (Å²) < 4.78 is 33.8. The maximum atomic E-state index is 14.8. The minimum atomic E-state index is -0.827. The van der Waals surface area contributed by atoms with Crippen LogP contribution in [0.2, 0.25) is 0 Å². The van der Waals surface area contributed by atoms with Gasteiger partial charge in [0.15, 0.2) is 17.3 Å². The number of benzene rings is 2. The molecule has 33 heavy (non-hydrogen) atoms. The van der Waals surface area contributed by atoms with Crippen molar-refractivity contribution in [1.82, 2.24) is 19.5 Å². The number of hydrogen-bond donors (Lipinski definition) is 2. The molecule has 2 aromatic carbocycles. The van der Waals surface area contributed by atoms with Gasteiger partial charge in [0.25, 0.3) is 5.56 Å². The van der Waals surface area contributed by atoms with Crippen molar-refractivity contribution in [2.45, 2.75) is 32.6 Å². The van der Waals surface area contributed by atoms with Gasteiger partial charge in [-0.2, -0.15) is 4.98 Å². The van der Waals surface area contributed by atoms with Gasteiger partial charge in [-0.3, -0.25) is 9.36 Å². The Morgan fingerprint density at radius 2 is 1.79 bits per heavy atom. The van der Waals surface area contributed by atoms with E-state index in [1.54, 1.807) is 13.8 Å². The number of anilines is 2. The molecule has 3 N–H and O–H groups in total. The first-order valence-electron chi connectivity index (χ1n) is 10.2. The second-order valence-electron chi connectivity index (χ2n) is 7.86. The number of nitrogens with two attached hydrogens (primary N) is 1. The molecule has 4 aromatic rings. The van der Waals surface area contributed by atoms with Crippen molar-refractivity contribution < 1.29 is 8.78 Å². The lowest BCUT2D eigenvalue weighted by Crippen LogP contribution is -2.26. The second kappa shape index (κ2) is 9.14. The number of aryl methyl sites for hydroxylation is 1. The van der Waals surface area contributed by atoms with E-state index in [1.165, 1.54) is 22.7 Å². The quantitative estimate of drug-likeness (QED) is 0.390. The molecule has 7 nitrogen and oxygen atoms in total. The van der Waals surface area contributed by atoms with Gasteiger partial charge in [-0.15, -0.1) is 0 Å². The van der Waals surface area contributed by atoms with Gasteiger partial charge < -0.3 is 10.5 Å². The first-order valence-corrected chi connectivity index (χ1v) is 11.2. The summed E-state index contributed by atoms with van der Waals surface area (Å²) in [4.78, 5) is 25.4. The van der Waals surface area contributed by atoms with E-state index in [4.69, 9.17) is 5.73 Å². The molecule has 10 heteroatoms. The van der Waals surface area contributed by atoms with Gasteiger partial charge in [-0.1, -0.05) is 29.8 Å². The number of aromatic nitrogens is 4. The summed E-state index contributed by atoms with van der Waals surface area (Å²) in [6.45, 7) is 5.58. The van der Waals surface area contributed by atoms with Crippen LogP contribution >= 0.6 is 11.9 Å². The Hall–Kier alpha value is -3.53. The van der Waals surface area contributed by atoms with E-state index in [9.17, 15) is 13.6 Å². The maximum absolute atomic E-state index is 14.8. The lowest BCUT2D eigenvalue weighted by Gasteiger charge is -2.15. The van der Waals surface area contributed by atoms with Crippen LogP contribution in [0.5, 0.6) is 0 Å². The van der Waals surface area contributed by atoms with E-state index >= 15 is 0 Å². The summed E-state index contributed by atoms with van der Waals surface area (Å²) in [5, 5.41) is 0. The van der Waals surface area contributed by atoms with Gasteiger partial charge in [-0.25, -0.2) is 18.7 Å². The Morgan fingerprint density at radius 1 is 1.12 bits per heavy atom. The summed E-state index contributed by atoms with van der Waals surface area (Å²) in [6, 6.07) is 9.78. The van der Waals surface area contributed by atoms with Crippen LogP contribution in [0.25, 0.3) is 22.4 Å². The molecule has 0 aliphatic carbocycles. The summed E-state index contributed by atoms with van der Waals surface area (Å²) in [6.07, 6.45) is 1.38. The van der Waals surface area contributed by atoms with Crippen LogP contribution in [0.15, 0.2) is 47.4 Å². The van der Waals surface area contributed by atoms with Gasteiger partial charge in [0.05, 0.1) is 6.20 Å². The molecule has 0 fully saturated rings. The van der Waals surface area contributed by atoms with Gasteiger partial charge in [0.2, 0.25) is 5.95 Å². The maximum Gasteiger partial charge on any atom is 0.278 e. The third-order valence-electron chi connectivity index (χ3n) is 5.02. The Morgan fingerprint density at radius 3 is 2.42 bits per heavy atom. The highest BCUT2D eigenvalue weighted by atomic mass is 32.2. The molecule has 0 spiro atoms. The van der Waals surface area contributed by atoms with Crippen LogP contribution in [-0.4, -0.2) is 19.5 Å². The molecule has 2 heterocycles. The zero-order chi connectivity index (χ0) is 23.7. The largest absolute Gasteiger partial charge is 0.368 e. The number of halogens is 2. The molecule has 0 unspecified atom stereocenters. The molecular weight excluding hydrogens is 446 g/mol. The molecule has 2 aromatic heterocycles. The fraction of sp³-hybridized carbons (Fsp3) is 0.217. The van der Waals surface area contributed by atoms with Gasteiger partial charge in [0, 0.05) is 17.4 Å². The third-order valence-corrected chi connectivity index (χ3v) is 5.84. The molecule has 0 saturated heterocycles. The van der Waals surface area contributed by atoms with Crippen molar-refractivity contribution in [2.24, 2.45) is 0 Å². The van der Waals surface area contributed by atoms with Crippen molar-refractivity contribution in [3.05, 3.63) is 75.7 Å². The lowest BCUT2D eigenvalue weighted by atomic mass is 10.1. The van der Waals surface area contributed by atoms with Crippen LogP contribution in [0.1, 0.15) is 31.0 Å². The molecule has 0 aliphatic rings. The van der Waals surface area contributed by atoms with E-state index in [2.05, 4.69) is 19.7 Å². The van der Waals surface area contributed by atoms with Crippen molar-refractivity contribution in [3.8, 4) is 11.3 Å². The summed E-state index contributed by atoms with van der Waals surface area (Å²) in [5.74, 6) is -1.13. The first kappa shape index (κ1) is 22.7. The van der Waals surface area contributed by atoms with E-state index in [0.29, 0.717) is 11.3 Å². The van der Waals surface area contributed by atoms with Crippen LogP contribution in [-0.2, 0) is 5.75 Å². The monoisotopic (exact) mass is 468 g/mol. The lowest BCUT2D eigenvalue weighted by molar-refractivity contribution is 0.589. The molecule has 0 atom stereocenters. The molecule has 0 amide bonds. The normalized spacial score (nSPS) is 11.3. The summed E-state index contributed by atoms with van der Waals surface area (Å²) in [5.41, 5.74) is 7.50. The van der Waals surface area contributed by atoms with E-state index in [0.717, 1.165) is 23.3 Å². The number of nitrogens with one attached hydrogen (secondary N) is 1. The van der Waals surface area contributed by atoms with E-state index in [-0.39, 0.29) is 34.6 Å². The summed E-state index contributed by atoms with van der Waals surface area (Å²) in [7, 11) is 0. The highest BCUT2D eigenvalue weighted by Crippen LogP contribution is 2.29. The number of fused-ring (bicyclic) bond motifs is 1. The van der Waals surface area contributed by atoms with Crippen molar-refractivity contribution in [3.63, 3.8) is 0 Å². The average Bonchev–Trinajstić information content (AvgIpc) is 2.76. The molecule has 4 rings (SSSR count). The molecule has 0 radical (unpaired) electrons. The Labute approximate surface area is 193 Å². The SMILES string of the molecule is Cc1ccc(CSNc2c(F)cc(-c3nc4cnc(N)nc4n(C(C)C)c3=O)cc2F)cc1. The Balaban J connectivity index is 1.67.